The van der Waals surface area contributed by atoms with E-state index in [9.17, 15) is 19.0 Å². The van der Waals surface area contributed by atoms with Gasteiger partial charge in [-0.05, 0) is 57.8 Å². The van der Waals surface area contributed by atoms with Crippen LogP contribution in [0.25, 0.3) is 0 Å². The molecule has 0 fully saturated rings. The first-order valence-corrected chi connectivity index (χ1v) is 22.8. The number of hydrogen-bond donors (Lipinski definition) is 2. The number of phosphoric acid groups is 1. The standard InChI is InChI=1S/C42H80NO8P/c1-3-5-7-9-11-13-15-17-19-20-21-23-25-27-29-31-33-35-42(45)51-40(39-50-52(46,47)49-37-36-43)38-48-41(44)34-32-30-28-26-24-22-18-16-14-12-10-8-6-4-2/h17,19,27,29,40H,3-16,18,20-26,28,30-39,43H2,1-2H3,(H,46,47)/b19-17-,29-27-/t40-/m1/s1. The van der Waals surface area contributed by atoms with E-state index in [0.29, 0.717) is 6.42 Å². The van der Waals surface area contributed by atoms with Gasteiger partial charge in [0.25, 0.3) is 0 Å². The molecule has 0 rings (SSSR count). The van der Waals surface area contributed by atoms with E-state index in [4.69, 9.17) is 24.3 Å². The van der Waals surface area contributed by atoms with E-state index < -0.39 is 26.5 Å². The van der Waals surface area contributed by atoms with Crippen LogP contribution in [0.15, 0.2) is 24.3 Å². The number of rotatable bonds is 40. The molecule has 0 aliphatic rings. The van der Waals surface area contributed by atoms with Crippen LogP contribution in [0.1, 0.15) is 200 Å². The maximum atomic E-state index is 12.5. The Kier molecular flexibility index (Phi) is 38.1. The minimum absolute atomic E-state index is 0.0499. The topological polar surface area (TPSA) is 134 Å². The molecular formula is C42H80NO8P. The van der Waals surface area contributed by atoms with Crippen molar-refractivity contribution < 1.29 is 37.6 Å². The van der Waals surface area contributed by atoms with Gasteiger partial charge in [-0.1, -0.05) is 154 Å². The lowest BCUT2D eigenvalue weighted by atomic mass is 10.0. The van der Waals surface area contributed by atoms with Crippen LogP contribution in [-0.4, -0.2) is 49.3 Å². The molecule has 0 amide bonds. The zero-order chi connectivity index (χ0) is 38.2. The first kappa shape index (κ1) is 50.5. The molecule has 0 saturated heterocycles. The van der Waals surface area contributed by atoms with Crippen LogP contribution < -0.4 is 5.73 Å². The van der Waals surface area contributed by atoms with E-state index in [1.54, 1.807) is 0 Å². The Morgan fingerprint density at radius 3 is 1.44 bits per heavy atom. The molecule has 3 N–H and O–H groups in total. The molecule has 306 valence electrons. The molecule has 10 heteroatoms. The molecule has 2 atom stereocenters. The summed E-state index contributed by atoms with van der Waals surface area (Å²) in [5.41, 5.74) is 5.34. The average molecular weight is 758 g/mol. The van der Waals surface area contributed by atoms with Crippen molar-refractivity contribution in [1.29, 1.82) is 0 Å². The van der Waals surface area contributed by atoms with E-state index in [-0.39, 0.29) is 38.6 Å². The number of ether oxygens (including phenoxy) is 2. The predicted molar refractivity (Wildman–Crippen MR) is 215 cm³/mol. The summed E-state index contributed by atoms with van der Waals surface area (Å²) in [6, 6.07) is 0. The molecule has 0 aliphatic carbocycles. The number of allylic oxidation sites excluding steroid dienone is 4. The number of carbonyl (C=O) groups excluding carboxylic acids is 2. The van der Waals surface area contributed by atoms with Crippen LogP contribution >= 0.6 is 7.82 Å². The molecule has 0 radical (unpaired) electrons. The Bertz CT molecular complexity index is 912. The molecule has 9 nitrogen and oxygen atoms in total. The van der Waals surface area contributed by atoms with Crippen molar-refractivity contribution >= 4 is 19.8 Å². The maximum Gasteiger partial charge on any atom is 0.472 e. The fraction of sp³-hybridized carbons (Fsp3) is 0.857. The van der Waals surface area contributed by atoms with E-state index in [1.165, 1.54) is 122 Å². The Morgan fingerprint density at radius 1 is 0.558 bits per heavy atom. The smallest absolute Gasteiger partial charge is 0.462 e. The minimum Gasteiger partial charge on any atom is -0.462 e. The van der Waals surface area contributed by atoms with Crippen molar-refractivity contribution in [3.63, 3.8) is 0 Å². The fourth-order valence-corrected chi connectivity index (χ4v) is 6.63. The van der Waals surface area contributed by atoms with Gasteiger partial charge in [0.2, 0.25) is 0 Å². The molecule has 0 spiro atoms. The molecule has 0 bridgehead atoms. The number of unbranched alkanes of at least 4 members (excludes halogenated alkanes) is 23. The Balaban J connectivity index is 4.20. The van der Waals surface area contributed by atoms with Gasteiger partial charge in [0.05, 0.1) is 13.2 Å². The first-order chi connectivity index (χ1) is 25.3. The van der Waals surface area contributed by atoms with Crippen LogP contribution in [0.2, 0.25) is 0 Å². The van der Waals surface area contributed by atoms with Gasteiger partial charge in [0, 0.05) is 19.4 Å². The van der Waals surface area contributed by atoms with Crippen molar-refractivity contribution in [3.05, 3.63) is 24.3 Å². The highest BCUT2D eigenvalue weighted by atomic mass is 31.2. The normalized spacial score (nSPS) is 13.5. The van der Waals surface area contributed by atoms with Gasteiger partial charge in [-0.25, -0.2) is 4.57 Å². The number of hydrogen-bond acceptors (Lipinski definition) is 8. The molecule has 0 heterocycles. The van der Waals surface area contributed by atoms with E-state index in [0.717, 1.165) is 44.9 Å². The highest BCUT2D eigenvalue weighted by Gasteiger charge is 2.25. The lowest BCUT2D eigenvalue weighted by Crippen LogP contribution is -2.29. The summed E-state index contributed by atoms with van der Waals surface area (Å²) >= 11 is 0. The van der Waals surface area contributed by atoms with Gasteiger partial charge in [-0.15, -0.1) is 0 Å². The van der Waals surface area contributed by atoms with Gasteiger partial charge >= 0.3 is 19.8 Å². The molecule has 0 aromatic rings. The van der Waals surface area contributed by atoms with Crippen molar-refractivity contribution in [1.82, 2.24) is 0 Å². The van der Waals surface area contributed by atoms with Crippen LogP contribution in [0.5, 0.6) is 0 Å². The third-order valence-electron chi connectivity index (χ3n) is 9.06. The molecule has 1 unspecified atom stereocenters. The second-order valence-electron chi connectivity index (χ2n) is 14.2. The first-order valence-electron chi connectivity index (χ1n) is 21.3. The Hall–Kier alpha value is -1.51. The highest BCUT2D eigenvalue weighted by Crippen LogP contribution is 2.43. The largest absolute Gasteiger partial charge is 0.472 e. The van der Waals surface area contributed by atoms with Gasteiger partial charge in [-0.3, -0.25) is 18.6 Å². The van der Waals surface area contributed by atoms with Gasteiger partial charge in [0.1, 0.15) is 6.61 Å². The summed E-state index contributed by atoms with van der Waals surface area (Å²) in [4.78, 5) is 34.8. The summed E-state index contributed by atoms with van der Waals surface area (Å²) in [5.74, 6) is -0.866. The third-order valence-corrected chi connectivity index (χ3v) is 10.0. The number of esters is 2. The van der Waals surface area contributed by atoms with Crippen molar-refractivity contribution in [2.75, 3.05) is 26.4 Å². The summed E-state index contributed by atoms with van der Waals surface area (Å²) in [6.45, 7) is 3.70. The lowest BCUT2D eigenvalue weighted by Gasteiger charge is -2.19. The average Bonchev–Trinajstić information content (AvgIpc) is 3.13. The van der Waals surface area contributed by atoms with E-state index in [1.807, 2.05) is 0 Å². The number of carbonyl (C=O) groups is 2. The van der Waals surface area contributed by atoms with Crippen molar-refractivity contribution in [2.24, 2.45) is 5.73 Å². The minimum atomic E-state index is -4.38. The number of phosphoric ester groups is 1. The quantitative estimate of drug-likeness (QED) is 0.0271. The fourth-order valence-electron chi connectivity index (χ4n) is 5.87. The summed E-state index contributed by atoms with van der Waals surface area (Å²) < 4.78 is 32.7. The Labute approximate surface area is 319 Å². The zero-order valence-electron chi connectivity index (χ0n) is 33.6. The molecule has 0 saturated carbocycles. The van der Waals surface area contributed by atoms with Crippen LogP contribution in [0.3, 0.4) is 0 Å². The molecule has 0 aliphatic heterocycles. The summed E-state index contributed by atoms with van der Waals surface area (Å²) in [6.07, 6.45) is 40.7. The third kappa shape index (κ3) is 38.2. The van der Waals surface area contributed by atoms with E-state index >= 15 is 0 Å². The molecule has 0 aromatic carbocycles. The SMILES string of the molecule is CCCCCCCC/C=C\CCCC/C=C\CCCC(=O)O[C@H](COC(=O)CCCCCCCCCCCCCCCC)COP(=O)(O)OCCN. The predicted octanol–water partition coefficient (Wildman–Crippen LogP) is 12.0. The van der Waals surface area contributed by atoms with Crippen LogP contribution in [0, 0.1) is 0 Å². The van der Waals surface area contributed by atoms with Crippen molar-refractivity contribution in [2.45, 2.75) is 206 Å². The second-order valence-corrected chi connectivity index (χ2v) is 15.7. The summed E-state index contributed by atoms with van der Waals surface area (Å²) in [7, 11) is -4.38. The monoisotopic (exact) mass is 758 g/mol. The van der Waals surface area contributed by atoms with Crippen LogP contribution in [-0.2, 0) is 32.7 Å². The second kappa shape index (κ2) is 39.2. The zero-order valence-corrected chi connectivity index (χ0v) is 34.4. The van der Waals surface area contributed by atoms with Crippen LogP contribution in [0.4, 0.5) is 0 Å². The molecule has 0 aromatic heterocycles. The van der Waals surface area contributed by atoms with Gasteiger partial charge in [-0.2, -0.15) is 0 Å². The van der Waals surface area contributed by atoms with Gasteiger partial charge in [0.15, 0.2) is 6.10 Å². The van der Waals surface area contributed by atoms with Crippen molar-refractivity contribution in [3.8, 4) is 0 Å². The Morgan fingerprint density at radius 2 is 0.962 bits per heavy atom. The lowest BCUT2D eigenvalue weighted by molar-refractivity contribution is -0.161. The highest BCUT2D eigenvalue weighted by molar-refractivity contribution is 7.47. The maximum absolute atomic E-state index is 12.5. The molecule has 52 heavy (non-hydrogen) atoms. The summed E-state index contributed by atoms with van der Waals surface area (Å²) in [5, 5.41) is 0. The molecular weight excluding hydrogens is 677 g/mol. The van der Waals surface area contributed by atoms with E-state index in [2.05, 4.69) is 38.2 Å². The van der Waals surface area contributed by atoms with Gasteiger partial charge < -0.3 is 20.1 Å². The number of nitrogens with two attached hydrogens (primary N) is 1.